The van der Waals surface area contributed by atoms with Gasteiger partial charge in [0.1, 0.15) is 16.6 Å². The van der Waals surface area contributed by atoms with Crippen LogP contribution in [0.1, 0.15) is 5.01 Å². The second-order valence-corrected chi connectivity index (χ2v) is 7.83. The standard InChI is InChI=1S/C22H22FN3O2S/c23-18-6-8-19(9-7-18)28-15-22(27)26-12-10-25(11-13-26)14-21-24-20(16-29-21)17-4-2-1-3-5-17/h1-9,16H,10-15H2. The maximum Gasteiger partial charge on any atom is 0.260 e. The summed E-state index contributed by atoms with van der Waals surface area (Å²) in [6.45, 7) is 3.72. The van der Waals surface area contributed by atoms with Crippen molar-refractivity contribution in [3.8, 4) is 17.0 Å². The zero-order valence-corrected chi connectivity index (χ0v) is 16.8. The van der Waals surface area contributed by atoms with E-state index in [-0.39, 0.29) is 18.3 Å². The molecule has 0 radical (unpaired) electrons. The zero-order chi connectivity index (χ0) is 20.1. The molecule has 0 saturated carbocycles. The second kappa shape index (κ2) is 9.15. The maximum absolute atomic E-state index is 12.9. The first-order chi connectivity index (χ1) is 14.2. The van der Waals surface area contributed by atoms with Gasteiger partial charge in [-0.1, -0.05) is 30.3 Å². The third-order valence-electron chi connectivity index (χ3n) is 4.88. The van der Waals surface area contributed by atoms with Gasteiger partial charge in [-0.2, -0.15) is 0 Å². The second-order valence-electron chi connectivity index (χ2n) is 6.89. The lowest BCUT2D eigenvalue weighted by Gasteiger charge is -2.34. The lowest BCUT2D eigenvalue weighted by molar-refractivity contribution is -0.135. The van der Waals surface area contributed by atoms with Crippen LogP contribution in [-0.2, 0) is 11.3 Å². The van der Waals surface area contributed by atoms with E-state index in [0.717, 1.165) is 35.9 Å². The average molecular weight is 412 g/mol. The van der Waals surface area contributed by atoms with Crippen molar-refractivity contribution >= 4 is 17.2 Å². The highest BCUT2D eigenvalue weighted by atomic mass is 32.1. The molecule has 4 rings (SSSR count). The molecule has 29 heavy (non-hydrogen) atoms. The zero-order valence-electron chi connectivity index (χ0n) is 16.0. The maximum atomic E-state index is 12.9. The Kier molecular flexibility index (Phi) is 6.17. The number of nitrogens with zero attached hydrogens (tertiary/aromatic N) is 3. The first-order valence-electron chi connectivity index (χ1n) is 9.56. The van der Waals surface area contributed by atoms with Crippen molar-refractivity contribution < 1.29 is 13.9 Å². The van der Waals surface area contributed by atoms with E-state index in [2.05, 4.69) is 22.4 Å². The van der Waals surface area contributed by atoms with Crippen LogP contribution in [-0.4, -0.2) is 53.5 Å². The number of benzene rings is 2. The molecule has 1 aromatic heterocycles. The summed E-state index contributed by atoms with van der Waals surface area (Å²) < 4.78 is 18.4. The SMILES string of the molecule is O=C(COc1ccc(F)cc1)N1CCN(Cc2nc(-c3ccccc3)cs2)CC1. The van der Waals surface area contributed by atoms with Gasteiger partial charge in [0, 0.05) is 37.1 Å². The van der Waals surface area contributed by atoms with Crippen LogP contribution in [0.25, 0.3) is 11.3 Å². The van der Waals surface area contributed by atoms with Crippen LogP contribution in [0.4, 0.5) is 4.39 Å². The van der Waals surface area contributed by atoms with Gasteiger partial charge in [0.2, 0.25) is 0 Å². The molecule has 2 aromatic carbocycles. The molecular formula is C22H22FN3O2S. The number of ether oxygens (including phenoxy) is 1. The largest absolute Gasteiger partial charge is 0.484 e. The molecule has 3 aromatic rings. The van der Waals surface area contributed by atoms with Crippen LogP contribution >= 0.6 is 11.3 Å². The summed E-state index contributed by atoms with van der Waals surface area (Å²) in [4.78, 5) is 21.2. The monoisotopic (exact) mass is 411 g/mol. The summed E-state index contributed by atoms with van der Waals surface area (Å²) in [6.07, 6.45) is 0. The third-order valence-corrected chi connectivity index (χ3v) is 5.71. The molecule has 1 aliphatic heterocycles. The lowest BCUT2D eigenvalue weighted by Crippen LogP contribution is -2.49. The van der Waals surface area contributed by atoms with Gasteiger partial charge < -0.3 is 9.64 Å². The van der Waals surface area contributed by atoms with E-state index in [1.165, 1.54) is 24.3 Å². The highest BCUT2D eigenvalue weighted by Crippen LogP contribution is 2.22. The molecule has 5 nitrogen and oxygen atoms in total. The number of amides is 1. The summed E-state index contributed by atoms with van der Waals surface area (Å²) in [7, 11) is 0. The summed E-state index contributed by atoms with van der Waals surface area (Å²) in [5, 5.41) is 3.18. The summed E-state index contributed by atoms with van der Waals surface area (Å²) >= 11 is 1.67. The van der Waals surface area contributed by atoms with Crippen molar-refractivity contribution in [3.63, 3.8) is 0 Å². The van der Waals surface area contributed by atoms with Gasteiger partial charge in [0.15, 0.2) is 6.61 Å². The van der Waals surface area contributed by atoms with Crippen LogP contribution in [0.5, 0.6) is 5.75 Å². The van der Waals surface area contributed by atoms with Crippen molar-refractivity contribution in [1.82, 2.24) is 14.8 Å². The van der Waals surface area contributed by atoms with Crippen LogP contribution in [0, 0.1) is 5.82 Å². The van der Waals surface area contributed by atoms with Gasteiger partial charge >= 0.3 is 0 Å². The van der Waals surface area contributed by atoms with Crippen molar-refractivity contribution in [1.29, 1.82) is 0 Å². The number of hydrogen-bond donors (Lipinski definition) is 0. The minimum atomic E-state index is -0.323. The number of hydrogen-bond acceptors (Lipinski definition) is 5. The molecule has 0 unspecified atom stereocenters. The molecule has 1 fully saturated rings. The molecule has 1 saturated heterocycles. The van der Waals surface area contributed by atoms with Crippen LogP contribution in [0.15, 0.2) is 60.0 Å². The fourth-order valence-electron chi connectivity index (χ4n) is 3.24. The van der Waals surface area contributed by atoms with Gasteiger partial charge in [-0.3, -0.25) is 9.69 Å². The minimum Gasteiger partial charge on any atom is -0.484 e. The Morgan fingerprint density at radius 1 is 1.03 bits per heavy atom. The van der Waals surface area contributed by atoms with E-state index in [1.54, 1.807) is 11.3 Å². The van der Waals surface area contributed by atoms with Gasteiger partial charge in [-0.05, 0) is 24.3 Å². The molecule has 0 N–H and O–H groups in total. The molecule has 2 heterocycles. The molecule has 0 spiro atoms. The minimum absolute atomic E-state index is 0.0292. The molecule has 0 bridgehead atoms. The number of carbonyl (C=O) groups is 1. The number of carbonyl (C=O) groups excluding carboxylic acids is 1. The molecule has 7 heteroatoms. The van der Waals surface area contributed by atoms with Crippen molar-refractivity contribution in [3.05, 3.63) is 70.8 Å². The predicted octanol–water partition coefficient (Wildman–Crippen LogP) is 3.67. The lowest BCUT2D eigenvalue weighted by atomic mass is 10.2. The highest BCUT2D eigenvalue weighted by Gasteiger charge is 2.22. The van der Waals surface area contributed by atoms with Crippen molar-refractivity contribution in [2.75, 3.05) is 32.8 Å². The Balaban J connectivity index is 1.23. The fraction of sp³-hybridized carbons (Fsp3) is 0.273. The number of halogens is 1. The molecule has 0 atom stereocenters. The van der Waals surface area contributed by atoms with Crippen LogP contribution in [0.3, 0.4) is 0 Å². The number of piperazine rings is 1. The number of rotatable bonds is 6. The van der Waals surface area contributed by atoms with Crippen LogP contribution in [0.2, 0.25) is 0 Å². The van der Waals surface area contributed by atoms with E-state index in [1.807, 2.05) is 23.1 Å². The number of aromatic nitrogens is 1. The van der Waals surface area contributed by atoms with Crippen molar-refractivity contribution in [2.45, 2.75) is 6.54 Å². The highest BCUT2D eigenvalue weighted by molar-refractivity contribution is 7.09. The van der Waals surface area contributed by atoms with Gasteiger partial charge in [0.05, 0.1) is 12.2 Å². The first-order valence-corrected chi connectivity index (χ1v) is 10.4. The normalized spacial score (nSPS) is 14.7. The molecule has 0 aliphatic carbocycles. The predicted molar refractivity (Wildman–Crippen MR) is 111 cm³/mol. The Morgan fingerprint density at radius 3 is 2.48 bits per heavy atom. The van der Waals surface area contributed by atoms with Gasteiger partial charge in [-0.25, -0.2) is 9.37 Å². The fourth-order valence-corrected chi connectivity index (χ4v) is 4.08. The number of thiazole rings is 1. The van der Waals surface area contributed by atoms with Gasteiger partial charge in [-0.15, -0.1) is 11.3 Å². The van der Waals surface area contributed by atoms with E-state index in [4.69, 9.17) is 9.72 Å². The van der Waals surface area contributed by atoms with Crippen molar-refractivity contribution in [2.24, 2.45) is 0 Å². The third kappa shape index (κ3) is 5.19. The summed E-state index contributed by atoms with van der Waals surface area (Å²) in [5.41, 5.74) is 2.14. The average Bonchev–Trinajstić information content (AvgIpc) is 3.23. The van der Waals surface area contributed by atoms with E-state index < -0.39 is 0 Å². The topological polar surface area (TPSA) is 45.7 Å². The molecular weight excluding hydrogens is 389 g/mol. The Morgan fingerprint density at radius 2 is 1.76 bits per heavy atom. The first kappa shape index (κ1) is 19.5. The Labute approximate surface area is 173 Å². The summed E-state index contributed by atoms with van der Waals surface area (Å²) in [5.74, 6) is 0.127. The van der Waals surface area contributed by atoms with E-state index in [9.17, 15) is 9.18 Å². The molecule has 150 valence electrons. The molecule has 1 aliphatic rings. The summed E-state index contributed by atoms with van der Waals surface area (Å²) in [6, 6.07) is 15.9. The Bertz CT molecular complexity index is 938. The molecule has 1 amide bonds. The smallest absolute Gasteiger partial charge is 0.260 e. The van der Waals surface area contributed by atoms with E-state index in [0.29, 0.717) is 18.8 Å². The quantitative estimate of drug-likeness (QED) is 0.621. The Hall–Kier alpha value is -2.77. The van der Waals surface area contributed by atoms with Gasteiger partial charge in [0.25, 0.3) is 5.91 Å². The van der Waals surface area contributed by atoms with Crippen LogP contribution < -0.4 is 4.74 Å². The van der Waals surface area contributed by atoms with E-state index >= 15 is 0 Å².